The molecule has 2 aliphatic rings. The monoisotopic (exact) mass is 385 g/mol. The van der Waals surface area contributed by atoms with Crippen molar-refractivity contribution in [1.29, 1.82) is 0 Å². The lowest BCUT2D eigenvalue weighted by Gasteiger charge is -2.33. The average Bonchev–Trinajstić information content (AvgIpc) is 2.98. The highest BCUT2D eigenvalue weighted by molar-refractivity contribution is 8.14. The molecule has 0 aromatic heterocycles. The van der Waals surface area contributed by atoms with Crippen LogP contribution in [0.3, 0.4) is 0 Å². The number of nitrogens with zero attached hydrogens (tertiary/aromatic N) is 2. The van der Waals surface area contributed by atoms with Gasteiger partial charge in [0.2, 0.25) is 0 Å². The Kier molecular flexibility index (Phi) is 5.95. The molecule has 0 radical (unpaired) electrons. The second-order valence-corrected chi connectivity index (χ2v) is 8.49. The van der Waals surface area contributed by atoms with Gasteiger partial charge in [-0.3, -0.25) is 9.89 Å². The van der Waals surface area contributed by atoms with Gasteiger partial charge in [-0.15, -0.1) is 0 Å². The number of nitrogens with one attached hydrogen (secondary N) is 1. The predicted octanol–water partition coefficient (Wildman–Crippen LogP) is 5.65. The number of thioether (sulfide) groups is 1. The van der Waals surface area contributed by atoms with Crippen LogP contribution in [-0.4, -0.2) is 33.9 Å². The third kappa shape index (κ3) is 4.19. The van der Waals surface area contributed by atoms with Gasteiger partial charge in [-0.1, -0.05) is 61.1 Å². The molecular formula is C17H21Cl2N3OS. The highest BCUT2D eigenvalue weighted by Gasteiger charge is 2.32. The molecule has 24 heavy (non-hydrogen) atoms. The van der Waals surface area contributed by atoms with Crippen LogP contribution in [0.5, 0.6) is 0 Å². The van der Waals surface area contributed by atoms with Gasteiger partial charge in [-0.05, 0) is 31.0 Å². The molecule has 130 valence electrons. The molecule has 1 aliphatic carbocycles. The first-order valence-corrected chi connectivity index (χ1v) is 9.94. The van der Waals surface area contributed by atoms with Gasteiger partial charge in [0.15, 0.2) is 5.17 Å². The summed E-state index contributed by atoms with van der Waals surface area (Å²) in [7, 11) is 0. The lowest BCUT2D eigenvalue weighted by Crippen LogP contribution is -2.46. The van der Waals surface area contributed by atoms with Crippen LogP contribution in [0.25, 0.3) is 0 Å². The quantitative estimate of drug-likeness (QED) is 0.714. The van der Waals surface area contributed by atoms with Crippen LogP contribution in [0, 0.1) is 0 Å². The average molecular weight is 386 g/mol. The zero-order valence-corrected chi connectivity index (χ0v) is 15.9. The molecule has 1 fully saturated rings. The number of hydrogen-bond acceptors (Lipinski definition) is 3. The maximum atomic E-state index is 12.9. The molecule has 1 heterocycles. The van der Waals surface area contributed by atoms with E-state index in [1.165, 1.54) is 6.42 Å². The van der Waals surface area contributed by atoms with Gasteiger partial charge in [0.1, 0.15) is 0 Å². The largest absolute Gasteiger partial charge is 0.328 e. The summed E-state index contributed by atoms with van der Waals surface area (Å²) < 4.78 is 0. The first-order chi connectivity index (χ1) is 11.5. The highest BCUT2D eigenvalue weighted by atomic mass is 35.5. The standard InChI is InChI=1S/C17H21Cl2N3OS/c1-11-10-20-17(24-11)22(13-5-3-2-4-6-13)16(23)21-12-7-8-14(18)15(19)9-12/h7-9,11,13H,2-6,10H2,1H3,(H,21,23). The van der Waals surface area contributed by atoms with Crippen molar-refractivity contribution >= 4 is 51.8 Å². The summed E-state index contributed by atoms with van der Waals surface area (Å²) >= 11 is 13.7. The number of halogens is 2. The van der Waals surface area contributed by atoms with Crippen LogP contribution < -0.4 is 5.32 Å². The number of aliphatic imine (C=N–C) groups is 1. The number of carbonyl (C=O) groups excluding carboxylic acids is 1. The van der Waals surface area contributed by atoms with Crippen LogP contribution in [0.1, 0.15) is 39.0 Å². The van der Waals surface area contributed by atoms with E-state index < -0.39 is 0 Å². The topological polar surface area (TPSA) is 44.7 Å². The minimum Gasteiger partial charge on any atom is -0.307 e. The first-order valence-electron chi connectivity index (χ1n) is 8.31. The van der Waals surface area contributed by atoms with E-state index in [1.54, 1.807) is 30.0 Å². The Balaban J connectivity index is 1.78. The van der Waals surface area contributed by atoms with E-state index in [4.69, 9.17) is 23.2 Å². The van der Waals surface area contributed by atoms with E-state index in [2.05, 4.69) is 17.2 Å². The molecular weight excluding hydrogens is 365 g/mol. The maximum Gasteiger partial charge on any atom is 0.328 e. The highest BCUT2D eigenvalue weighted by Crippen LogP contribution is 2.31. The Bertz CT molecular complexity index is 647. The number of hydrogen-bond donors (Lipinski definition) is 1. The molecule has 0 bridgehead atoms. The smallest absolute Gasteiger partial charge is 0.307 e. The Morgan fingerprint density at radius 1 is 1.25 bits per heavy atom. The summed E-state index contributed by atoms with van der Waals surface area (Å²) in [6.07, 6.45) is 5.63. The summed E-state index contributed by atoms with van der Waals surface area (Å²) in [6, 6.07) is 5.21. The van der Waals surface area contributed by atoms with Crippen LogP contribution in [0.15, 0.2) is 23.2 Å². The minimum atomic E-state index is -0.138. The van der Waals surface area contributed by atoms with Crippen LogP contribution in [0.4, 0.5) is 10.5 Å². The number of anilines is 1. The molecule has 0 saturated heterocycles. The van der Waals surface area contributed by atoms with Crippen LogP contribution in [-0.2, 0) is 0 Å². The Labute approximate surface area is 157 Å². The summed E-state index contributed by atoms with van der Waals surface area (Å²) in [4.78, 5) is 19.4. The van der Waals surface area contributed by atoms with Gasteiger partial charge >= 0.3 is 6.03 Å². The number of urea groups is 1. The molecule has 1 N–H and O–H groups in total. The van der Waals surface area contributed by atoms with E-state index in [9.17, 15) is 4.79 Å². The first kappa shape index (κ1) is 17.9. The van der Waals surface area contributed by atoms with Gasteiger partial charge < -0.3 is 5.32 Å². The molecule has 0 spiro atoms. The fourth-order valence-electron chi connectivity index (χ4n) is 3.10. The predicted molar refractivity (Wildman–Crippen MR) is 104 cm³/mol. The summed E-state index contributed by atoms with van der Waals surface area (Å²) in [5, 5.41) is 5.11. The van der Waals surface area contributed by atoms with Gasteiger partial charge in [0.25, 0.3) is 0 Å². The zero-order valence-electron chi connectivity index (χ0n) is 13.6. The molecule has 3 rings (SSSR count). The molecule has 7 heteroatoms. The molecule has 1 saturated carbocycles. The second kappa shape index (κ2) is 7.98. The third-order valence-corrected chi connectivity index (χ3v) is 6.15. The maximum absolute atomic E-state index is 12.9. The SMILES string of the molecule is CC1CN=C(N(C(=O)Nc2ccc(Cl)c(Cl)c2)C2CCCCC2)S1. The van der Waals surface area contributed by atoms with Gasteiger partial charge in [0, 0.05) is 17.0 Å². The van der Waals surface area contributed by atoms with Crippen molar-refractivity contribution in [3.8, 4) is 0 Å². The van der Waals surface area contributed by atoms with Crippen LogP contribution in [0.2, 0.25) is 10.0 Å². The number of carbonyl (C=O) groups is 1. The number of benzene rings is 1. The zero-order chi connectivity index (χ0) is 17.1. The molecule has 4 nitrogen and oxygen atoms in total. The Hall–Kier alpha value is -0.910. The van der Waals surface area contributed by atoms with Crippen LogP contribution >= 0.6 is 35.0 Å². The van der Waals surface area contributed by atoms with E-state index in [0.29, 0.717) is 21.0 Å². The van der Waals surface area contributed by atoms with Crippen molar-refractivity contribution in [2.75, 3.05) is 11.9 Å². The van der Waals surface area contributed by atoms with E-state index >= 15 is 0 Å². The lowest BCUT2D eigenvalue weighted by atomic mass is 9.94. The third-order valence-electron chi connectivity index (χ3n) is 4.33. The summed E-state index contributed by atoms with van der Waals surface area (Å²) in [6.45, 7) is 2.90. The van der Waals surface area contributed by atoms with E-state index in [1.807, 2.05) is 4.90 Å². The van der Waals surface area contributed by atoms with Gasteiger partial charge in [-0.2, -0.15) is 0 Å². The molecule has 2 amide bonds. The number of amides is 2. The van der Waals surface area contributed by atoms with Crippen molar-refractivity contribution < 1.29 is 4.79 Å². The van der Waals surface area contributed by atoms with Gasteiger partial charge in [-0.25, -0.2) is 4.79 Å². The number of rotatable bonds is 2. The molecule has 1 atom stereocenters. The van der Waals surface area contributed by atoms with Crippen molar-refractivity contribution in [1.82, 2.24) is 4.90 Å². The summed E-state index contributed by atoms with van der Waals surface area (Å²) in [5.74, 6) is 0. The molecule has 1 unspecified atom stereocenters. The second-order valence-electron chi connectivity index (χ2n) is 6.27. The van der Waals surface area contributed by atoms with Gasteiger partial charge in [0.05, 0.1) is 16.6 Å². The molecule has 1 aliphatic heterocycles. The normalized spacial score (nSPS) is 21.5. The van der Waals surface area contributed by atoms with Crippen molar-refractivity contribution in [2.24, 2.45) is 4.99 Å². The Morgan fingerprint density at radius 2 is 2.00 bits per heavy atom. The Morgan fingerprint density at radius 3 is 2.62 bits per heavy atom. The van der Waals surface area contributed by atoms with Crippen molar-refractivity contribution in [2.45, 2.75) is 50.3 Å². The number of amidine groups is 1. The van der Waals surface area contributed by atoms with Crippen molar-refractivity contribution in [3.05, 3.63) is 28.2 Å². The summed E-state index contributed by atoms with van der Waals surface area (Å²) in [5.41, 5.74) is 0.645. The lowest BCUT2D eigenvalue weighted by molar-refractivity contribution is 0.209. The van der Waals surface area contributed by atoms with E-state index in [0.717, 1.165) is 37.4 Å². The minimum absolute atomic E-state index is 0.138. The molecule has 1 aromatic rings. The van der Waals surface area contributed by atoms with Crippen molar-refractivity contribution in [3.63, 3.8) is 0 Å². The fourth-order valence-corrected chi connectivity index (χ4v) is 4.40. The molecule has 1 aromatic carbocycles. The van der Waals surface area contributed by atoms with E-state index in [-0.39, 0.29) is 12.1 Å². The fraction of sp³-hybridized carbons (Fsp3) is 0.529.